The Kier molecular flexibility index (Phi) is 6.47. The molecular weight excluding hydrogens is 235 g/mol. The topological polar surface area (TPSA) is 133 Å². The van der Waals surface area contributed by atoms with Crippen molar-refractivity contribution in [2.75, 3.05) is 6.54 Å². The molecule has 0 heterocycles. The summed E-state index contributed by atoms with van der Waals surface area (Å²) in [6.45, 7) is 3.57. The average molecular weight is 252 g/mol. The Bertz CT molecular complexity index is 290. The molecule has 0 aromatic heterocycles. The first-order chi connectivity index (χ1) is 7.32. The molecule has 0 aliphatic heterocycles. The summed E-state index contributed by atoms with van der Waals surface area (Å²) in [4.78, 5) is 28.6. The monoisotopic (exact) mass is 252 g/mol. The summed E-state index contributed by atoms with van der Waals surface area (Å²) < 4.78 is 10.9. The van der Waals surface area contributed by atoms with Gasteiger partial charge in [-0.25, -0.2) is 0 Å². The van der Waals surface area contributed by atoms with Crippen LogP contribution in [0.15, 0.2) is 12.7 Å². The van der Waals surface area contributed by atoms with Crippen molar-refractivity contribution < 1.29 is 24.3 Å². The molecule has 6 N–H and O–H groups in total. The summed E-state index contributed by atoms with van der Waals surface area (Å²) >= 11 is 0. The van der Waals surface area contributed by atoms with Gasteiger partial charge in [0.25, 0.3) is 0 Å². The van der Waals surface area contributed by atoms with Gasteiger partial charge < -0.3 is 20.6 Å². The number of rotatable bonds is 8. The van der Waals surface area contributed by atoms with Crippen LogP contribution in [0.5, 0.6) is 0 Å². The highest BCUT2D eigenvalue weighted by molar-refractivity contribution is 7.52. The Morgan fingerprint density at radius 1 is 1.56 bits per heavy atom. The number of nitrogens with one attached hydrogen (secondary N) is 1. The van der Waals surface area contributed by atoms with E-state index in [4.69, 9.17) is 20.6 Å². The third kappa shape index (κ3) is 5.39. The SMILES string of the molecule is C=CC(NC(CCCN)C(=O)O)P(=O)(O)O. The van der Waals surface area contributed by atoms with Gasteiger partial charge in [0.15, 0.2) is 0 Å². The molecule has 2 atom stereocenters. The second kappa shape index (κ2) is 6.78. The van der Waals surface area contributed by atoms with Crippen molar-refractivity contribution >= 4 is 13.6 Å². The smallest absolute Gasteiger partial charge is 0.346 e. The van der Waals surface area contributed by atoms with Crippen LogP contribution in [0.1, 0.15) is 12.8 Å². The van der Waals surface area contributed by atoms with Gasteiger partial charge in [-0.2, -0.15) is 0 Å². The minimum atomic E-state index is -4.43. The molecule has 0 rings (SSSR count). The lowest BCUT2D eigenvalue weighted by Crippen LogP contribution is -2.42. The zero-order valence-corrected chi connectivity index (χ0v) is 9.64. The third-order valence-electron chi connectivity index (χ3n) is 1.95. The molecular formula is C8H17N2O5P. The zero-order chi connectivity index (χ0) is 12.8. The van der Waals surface area contributed by atoms with Gasteiger partial charge in [-0.3, -0.25) is 14.7 Å². The number of carboxylic acid groups (broad SMARTS) is 1. The lowest BCUT2D eigenvalue weighted by atomic mass is 10.1. The number of hydrogen-bond donors (Lipinski definition) is 5. The van der Waals surface area contributed by atoms with Crippen molar-refractivity contribution in [2.24, 2.45) is 5.73 Å². The van der Waals surface area contributed by atoms with Crippen LogP contribution in [-0.2, 0) is 9.36 Å². The quantitative estimate of drug-likeness (QED) is 0.289. The van der Waals surface area contributed by atoms with Crippen LogP contribution in [0.4, 0.5) is 0 Å². The normalized spacial score (nSPS) is 15.4. The summed E-state index contributed by atoms with van der Waals surface area (Å²) in [5.41, 5.74) is 5.23. The first-order valence-electron chi connectivity index (χ1n) is 4.69. The van der Waals surface area contributed by atoms with Gasteiger partial charge in [0.1, 0.15) is 11.8 Å². The predicted octanol–water partition coefficient (Wildman–Crippen LogP) is -0.542. The highest BCUT2D eigenvalue weighted by Crippen LogP contribution is 2.40. The predicted molar refractivity (Wildman–Crippen MR) is 58.9 cm³/mol. The third-order valence-corrected chi connectivity index (χ3v) is 3.04. The second-order valence-corrected chi connectivity index (χ2v) is 4.99. The van der Waals surface area contributed by atoms with E-state index in [0.29, 0.717) is 13.0 Å². The summed E-state index contributed by atoms with van der Waals surface area (Å²) in [5.74, 6) is -2.53. The van der Waals surface area contributed by atoms with Crippen molar-refractivity contribution in [1.29, 1.82) is 0 Å². The zero-order valence-electron chi connectivity index (χ0n) is 8.74. The summed E-state index contributed by atoms with van der Waals surface area (Å²) in [6.07, 6.45) is 1.66. The van der Waals surface area contributed by atoms with E-state index < -0.39 is 25.4 Å². The van der Waals surface area contributed by atoms with Gasteiger partial charge >= 0.3 is 13.6 Å². The molecule has 0 aliphatic rings. The summed E-state index contributed by atoms with van der Waals surface area (Å²) in [7, 11) is -4.43. The Morgan fingerprint density at radius 3 is 2.44 bits per heavy atom. The Balaban J connectivity index is 4.53. The molecule has 0 fully saturated rings. The number of hydrogen-bond acceptors (Lipinski definition) is 4. The lowest BCUT2D eigenvalue weighted by Gasteiger charge is -2.21. The molecule has 0 spiro atoms. The van der Waals surface area contributed by atoms with E-state index in [9.17, 15) is 9.36 Å². The number of carbonyl (C=O) groups is 1. The standard InChI is InChI=1S/C8H17N2O5P/c1-2-7(16(13,14)15)10-6(8(11)12)4-3-5-9/h2,6-7,10H,1,3-5,9H2,(H,11,12)(H2,13,14,15). The Hall–Kier alpha value is -0.720. The highest BCUT2D eigenvalue weighted by atomic mass is 31.2. The number of aliphatic carboxylic acids is 1. The number of nitrogens with two attached hydrogens (primary N) is 1. The van der Waals surface area contributed by atoms with Gasteiger partial charge in [0.05, 0.1) is 0 Å². The molecule has 2 unspecified atom stereocenters. The van der Waals surface area contributed by atoms with Crippen LogP contribution >= 0.6 is 7.60 Å². The fourth-order valence-corrected chi connectivity index (χ4v) is 1.76. The van der Waals surface area contributed by atoms with Crippen molar-refractivity contribution in [2.45, 2.75) is 24.7 Å². The lowest BCUT2D eigenvalue weighted by molar-refractivity contribution is -0.139. The molecule has 0 saturated heterocycles. The van der Waals surface area contributed by atoms with Gasteiger partial charge in [0, 0.05) is 0 Å². The molecule has 7 nitrogen and oxygen atoms in total. The van der Waals surface area contributed by atoms with E-state index in [0.717, 1.165) is 6.08 Å². The van der Waals surface area contributed by atoms with E-state index in [1.807, 2.05) is 0 Å². The fraction of sp³-hybridized carbons (Fsp3) is 0.625. The molecule has 0 aliphatic carbocycles. The molecule has 0 aromatic carbocycles. The van der Waals surface area contributed by atoms with Crippen LogP contribution in [0.25, 0.3) is 0 Å². The van der Waals surface area contributed by atoms with Crippen molar-refractivity contribution in [3.63, 3.8) is 0 Å². The highest BCUT2D eigenvalue weighted by Gasteiger charge is 2.30. The molecule has 94 valence electrons. The number of carboxylic acids is 1. The fourth-order valence-electron chi connectivity index (χ4n) is 1.11. The van der Waals surface area contributed by atoms with Crippen LogP contribution in [0.2, 0.25) is 0 Å². The van der Waals surface area contributed by atoms with E-state index in [1.54, 1.807) is 0 Å². The van der Waals surface area contributed by atoms with Crippen LogP contribution in [0.3, 0.4) is 0 Å². The van der Waals surface area contributed by atoms with Gasteiger partial charge in [-0.15, -0.1) is 6.58 Å². The van der Waals surface area contributed by atoms with Gasteiger partial charge in [-0.05, 0) is 19.4 Å². The molecule has 8 heteroatoms. The first-order valence-corrected chi connectivity index (χ1v) is 6.37. The van der Waals surface area contributed by atoms with Crippen LogP contribution < -0.4 is 11.1 Å². The van der Waals surface area contributed by atoms with Gasteiger partial charge in [0.2, 0.25) is 0 Å². The average Bonchev–Trinajstić information content (AvgIpc) is 2.15. The molecule has 0 bridgehead atoms. The molecule has 0 aromatic rings. The summed E-state index contributed by atoms with van der Waals surface area (Å²) in [6, 6.07) is -1.04. The maximum Gasteiger partial charge on any atom is 0.346 e. The van der Waals surface area contributed by atoms with Crippen LogP contribution in [-0.4, -0.2) is 39.2 Å². The van der Waals surface area contributed by atoms with Gasteiger partial charge in [-0.1, -0.05) is 6.08 Å². The van der Waals surface area contributed by atoms with Crippen molar-refractivity contribution in [3.05, 3.63) is 12.7 Å². The van der Waals surface area contributed by atoms with E-state index in [-0.39, 0.29) is 6.42 Å². The maximum absolute atomic E-state index is 10.9. The minimum absolute atomic E-state index is 0.205. The van der Waals surface area contributed by atoms with E-state index in [2.05, 4.69) is 11.9 Å². The largest absolute Gasteiger partial charge is 0.480 e. The van der Waals surface area contributed by atoms with Crippen molar-refractivity contribution in [1.82, 2.24) is 5.32 Å². The minimum Gasteiger partial charge on any atom is -0.480 e. The second-order valence-electron chi connectivity index (χ2n) is 3.26. The maximum atomic E-state index is 10.9. The first kappa shape index (κ1) is 15.3. The molecule has 0 amide bonds. The summed E-state index contributed by atoms with van der Waals surface area (Å²) in [5, 5.41) is 11.2. The van der Waals surface area contributed by atoms with Crippen LogP contribution in [0, 0.1) is 0 Å². The molecule has 0 radical (unpaired) electrons. The van der Waals surface area contributed by atoms with E-state index >= 15 is 0 Å². The van der Waals surface area contributed by atoms with E-state index in [1.165, 1.54) is 0 Å². The van der Waals surface area contributed by atoms with Crippen molar-refractivity contribution in [3.8, 4) is 0 Å². The Morgan fingerprint density at radius 2 is 2.12 bits per heavy atom. The molecule has 0 saturated carbocycles. The molecule has 16 heavy (non-hydrogen) atoms. The Labute approximate surface area is 93.5 Å².